The highest BCUT2D eigenvalue weighted by Crippen LogP contribution is 2.33. The number of aromatic nitrogens is 1. The van der Waals surface area contributed by atoms with Gasteiger partial charge in [-0.15, -0.1) is 0 Å². The van der Waals surface area contributed by atoms with Crippen LogP contribution in [-0.4, -0.2) is 66.7 Å². The Morgan fingerprint density at radius 2 is 1.59 bits per heavy atom. The Kier molecular flexibility index (Phi) is 7.70. The molecule has 1 aliphatic heterocycles. The number of pyridine rings is 1. The first-order chi connectivity index (χ1) is 18.9. The molecule has 0 saturated carbocycles. The van der Waals surface area contributed by atoms with Gasteiger partial charge in [0.1, 0.15) is 6.54 Å². The van der Waals surface area contributed by atoms with Crippen molar-refractivity contribution in [1.29, 1.82) is 0 Å². The lowest BCUT2D eigenvalue weighted by Crippen LogP contribution is -2.54. The monoisotopic (exact) mass is 524 g/mol. The Balaban J connectivity index is 1.68. The molecule has 5 rings (SSSR count). The first-order valence-electron chi connectivity index (χ1n) is 13.0. The third kappa shape index (κ3) is 5.68. The van der Waals surface area contributed by atoms with Crippen LogP contribution < -0.4 is 5.32 Å². The van der Waals surface area contributed by atoms with Crippen molar-refractivity contribution < 1.29 is 19.0 Å². The van der Waals surface area contributed by atoms with E-state index >= 15 is 0 Å². The van der Waals surface area contributed by atoms with Crippen molar-refractivity contribution in [3.8, 4) is 11.3 Å². The molecule has 3 aromatic carbocycles. The average Bonchev–Trinajstić information content (AvgIpc) is 2.97. The van der Waals surface area contributed by atoms with Gasteiger partial charge in [0.25, 0.3) is 5.91 Å². The number of methoxy groups -OCH3 is 1. The van der Waals surface area contributed by atoms with E-state index in [2.05, 4.69) is 10.2 Å². The molecule has 1 aliphatic rings. The lowest BCUT2D eigenvalue weighted by Gasteiger charge is -2.48. The third-order valence-electron chi connectivity index (χ3n) is 7.34. The van der Waals surface area contributed by atoms with Crippen molar-refractivity contribution in [2.45, 2.75) is 12.6 Å². The van der Waals surface area contributed by atoms with Crippen LogP contribution in [-0.2, 0) is 16.1 Å². The summed E-state index contributed by atoms with van der Waals surface area (Å²) >= 11 is 0. The summed E-state index contributed by atoms with van der Waals surface area (Å²) in [4.78, 5) is 34.1. The molecule has 8 nitrogen and oxygen atoms in total. The fourth-order valence-electron chi connectivity index (χ4n) is 5.12. The molecule has 1 amide bonds. The Labute approximate surface area is 228 Å². The van der Waals surface area contributed by atoms with Gasteiger partial charge >= 0.3 is 5.97 Å². The van der Waals surface area contributed by atoms with E-state index < -0.39 is 22.6 Å². The lowest BCUT2D eigenvalue weighted by atomic mass is 9.94. The number of benzene rings is 3. The van der Waals surface area contributed by atoms with Crippen molar-refractivity contribution in [1.82, 2.24) is 15.2 Å². The Morgan fingerprint density at radius 3 is 2.26 bits per heavy atom. The second-order valence-corrected chi connectivity index (χ2v) is 10.0. The molecule has 1 aromatic heterocycles. The van der Waals surface area contributed by atoms with E-state index in [9.17, 15) is 14.8 Å². The number of nitrogens with one attached hydrogen (secondary N) is 1. The summed E-state index contributed by atoms with van der Waals surface area (Å²) in [6.45, 7) is 2.25. The number of para-hydroxylation sites is 1. The molecular formula is C31H32N4O4. The largest absolute Gasteiger partial charge is 0.632 e. The maximum atomic E-state index is 14.2. The van der Waals surface area contributed by atoms with E-state index in [4.69, 9.17) is 9.72 Å². The predicted molar refractivity (Wildman–Crippen MR) is 150 cm³/mol. The number of hydroxylamine groups is 3. The van der Waals surface area contributed by atoms with E-state index in [0.717, 1.165) is 5.56 Å². The number of likely N-dealkylation sites (N-methyl/N-ethyl adjacent to an activating group) is 1. The van der Waals surface area contributed by atoms with Gasteiger partial charge in [0.05, 0.1) is 37.0 Å². The van der Waals surface area contributed by atoms with Crippen LogP contribution >= 0.6 is 0 Å². The molecule has 0 aliphatic carbocycles. The number of hydrogen-bond donors (Lipinski definition) is 1. The van der Waals surface area contributed by atoms with E-state index in [1.54, 1.807) is 24.3 Å². The fraction of sp³-hybridized carbons (Fsp3) is 0.258. The van der Waals surface area contributed by atoms with Gasteiger partial charge in [-0.25, -0.2) is 9.78 Å². The van der Waals surface area contributed by atoms with E-state index in [-0.39, 0.29) is 6.54 Å². The zero-order valence-corrected chi connectivity index (χ0v) is 22.2. The molecule has 39 heavy (non-hydrogen) atoms. The fourth-order valence-corrected chi connectivity index (χ4v) is 5.12. The van der Waals surface area contributed by atoms with Crippen molar-refractivity contribution >= 4 is 22.8 Å². The number of ether oxygens (including phenoxy) is 1. The minimum absolute atomic E-state index is 0.0902. The molecule has 4 aromatic rings. The lowest BCUT2D eigenvalue weighted by molar-refractivity contribution is -0.898. The van der Waals surface area contributed by atoms with Gasteiger partial charge in [0.2, 0.25) is 0 Å². The first-order valence-corrected chi connectivity index (χ1v) is 13.0. The minimum atomic E-state index is -1.01. The van der Waals surface area contributed by atoms with Crippen LogP contribution in [0.25, 0.3) is 22.2 Å². The standard InChI is InChI=1S/C31H32N4O4/c1-34-17-19-35(38,20-18-34)21-25-27(30(36)33-29(31(37)39-2)23-13-7-4-8-14-23)24-15-9-10-16-26(24)32-28(25)22-11-5-3-6-12-22/h3-16,29H,17-21H2,1-2H3,(H,33,36). The van der Waals surface area contributed by atoms with Crippen LogP contribution in [0.15, 0.2) is 84.9 Å². The highest BCUT2D eigenvalue weighted by Gasteiger charge is 2.32. The maximum absolute atomic E-state index is 14.2. The summed E-state index contributed by atoms with van der Waals surface area (Å²) in [6, 6.07) is 25.0. The van der Waals surface area contributed by atoms with Crippen molar-refractivity contribution in [2.24, 2.45) is 0 Å². The number of hydrogen-bond acceptors (Lipinski definition) is 6. The molecule has 0 radical (unpaired) electrons. The zero-order valence-electron chi connectivity index (χ0n) is 22.2. The smallest absolute Gasteiger partial charge is 0.333 e. The summed E-state index contributed by atoms with van der Waals surface area (Å²) in [5, 5.41) is 17.5. The summed E-state index contributed by atoms with van der Waals surface area (Å²) in [5.74, 6) is -1.04. The zero-order chi connectivity index (χ0) is 27.4. The van der Waals surface area contributed by atoms with E-state index in [1.807, 2.05) is 67.7 Å². The number of fused-ring (bicyclic) bond motifs is 1. The molecule has 0 bridgehead atoms. The van der Waals surface area contributed by atoms with Gasteiger partial charge in [0, 0.05) is 29.6 Å². The van der Waals surface area contributed by atoms with Gasteiger partial charge in [-0.2, -0.15) is 0 Å². The van der Waals surface area contributed by atoms with E-state index in [1.165, 1.54) is 7.11 Å². The molecule has 0 spiro atoms. The number of nitrogens with zero attached hydrogens (tertiary/aromatic N) is 3. The van der Waals surface area contributed by atoms with E-state index in [0.29, 0.717) is 59.5 Å². The van der Waals surface area contributed by atoms with Crippen LogP contribution in [0.2, 0.25) is 0 Å². The van der Waals surface area contributed by atoms with Gasteiger partial charge in [0.15, 0.2) is 6.04 Å². The summed E-state index contributed by atoms with van der Waals surface area (Å²) in [7, 11) is 3.30. The van der Waals surface area contributed by atoms with Crippen molar-refractivity contribution in [2.75, 3.05) is 40.3 Å². The number of esters is 1. The number of carbonyl (C=O) groups excluding carboxylic acids is 2. The van der Waals surface area contributed by atoms with Gasteiger partial charge in [-0.05, 0) is 18.7 Å². The normalized spacial score (nSPS) is 16.0. The second kappa shape index (κ2) is 11.3. The molecule has 1 atom stereocenters. The highest BCUT2D eigenvalue weighted by molar-refractivity contribution is 6.10. The average molecular weight is 525 g/mol. The first kappa shape index (κ1) is 26.5. The van der Waals surface area contributed by atoms with Crippen LogP contribution in [0, 0.1) is 5.21 Å². The maximum Gasteiger partial charge on any atom is 0.333 e. The SMILES string of the molecule is COC(=O)C(NC(=O)c1c(C[N+]2([O-])CCN(C)CC2)c(-c2ccccc2)nc2ccccc12)c1ccccc1. The third-order valence-corrected chi connectivity index (χ3v) is 7.34. The molecular weight excluding hydrogens is 492 g/mol. The molecule has 1 unspecified atom stereocenters. The number of quaternary nitrogens is 1. The number of piperazine rings is 1. The second-order valence-electron chi connectivity index (χ2n) is 10.0. The van der Waals surface area contributed by atoms with Crippen LogP contribution in [0.5, 0.6) is 0 Å². The Bertz CT molecular complexity index is 1470. The van der Waals surface area contributed by atoms with Gasteiger partial charge in [-0.1, -0.05) is 78.9 Å². The van der Waals surface area contributed by atoms with Crippen LogP contribution in [0.1, 0.15) is 27.5 Å². The highest BCUT2D eigenvalue weighted by atomic mass is 16.5. The summed E-state index contributed by atoms with van der Waals surface area (Å²) in [6.07, 6.45) is 0. The minimum Gasteiger partial charge on any atom is -0.632 e. The quantitative estimate of drug-likeness (QED) is 0.220. The summed E-state index contributed by atoms with van der Waals surface area (Å²) < 4.78 is 4.58. The molecule has 2 heterocycles. The molecule has 200 valence electrons. The van der Waals surface area contributed by atoms with Crippen molar-refractivity contribution in [3.63, 3.8) is 0 Å². The molecule has 8 heteroatoms. The number of amides is 1. The van der Waals surface area contributed by atoms with Crippen LogP contribution in [0.4, 0.5) is 0 Å². The van der Waals surface area contributed by atoms with Crippen molar-refractivity contribution in [3.05, 3.63) is 107 Å². The van der Waals surface area contributed by atoms with Gasteiger partial charge < -0.3 is 19.9 Å². The topological polar surface area (TPSA) is 94.6 Å². The number of carbonyl (C=O) groups is 2. The number of rotatable bonds is 7. The van der Waals surface area contributed by atoms with Crippen LogP contribution in [0.3, 0.4) is 0 Å². The Hall–Kier alpha value is -4.11. The van der Waals surface area contributed by atoms with Gasteiger partial charge in [-0.3, -0.25) is 9.69 Å². The molecule has 1 saturated heterocycles. The Morgan fingerprint density at radius 1 is 0.974 bits per heavy atom. The predicted octanol–water partition coefficient (Wildman–Crippen LogP) is 4.31. The summed E-state index contributed by atoms with van der Waals surface area (Å²) in [5.41, 5.74) is 3.59. The molecule has 1 fully saturated rings. The molecule has 1 N–H and O–H groups in total.